The number of nitrogens with one attached hydrogen (secondary N) is 1. The van der Waals surface area contributed by atoms with E-state index in [9.17, 15) is 9.59 Å². The van der Waals surface area contributed by atoms with Gasteiger partial charge in [0, 0.05) is 11.0 Å². The molecule has 21 heavy (non-hydrogen) atoms. The molecule has 2 rings (SSSR count). The monoisotopic (exact) mass is 385 g/mol. The Kier molecular flexibility index (Phi) is 5.33. The third-order valence-corrected chi connectivity index (χ3v) is 5.25. The molecule has 0 saturated carbocycles. The minimum atomic E-state index is -0.449. The SMILES string of the molecule is COC(=O)c1scc(C)c1NC(=O)/C=C/c1ccc(Br)s1. The molecule has 0 aliphatic carbocycles. The van der Waals surface area contributed by atoms with Crippen molar-refractivity contribution in [1.82, 2.24) is 0 Å². The van der Waals surface area contributed by atoms with E-state index in [2.05, 4.69) is 21.2 Å². The number of hydrogen-bond donors (Lipinski definition) is 1. The molecule has 2 aromatic heterocycles. The molecule has 0 unspecified atom stereocenters. The molecular weight excluding hydrogens is 374 g/mol. The number of carbonyl (C=O) groups excluding carboxylic acids is 2. The molecular formula is C14H12BrNO3S2. The molecule has 0 fully saturated rings. The zero-order chi connectivity index (χ0) is 15.4. The highest BCUT2D eigenvalue weighted by atomic mass is 79.9. The Bertz CT molecular complexity index is 703. The van der Waals surface area contributed by atoms with E-state index in [-0.39, 0.29) is 5.91 Å². The summed E-state index contributed by atoms with van der Waals surface area (Å²) < 4.78 is 5.71. The predicted molar refractivity (Wildman–Crippen MR) is 90.1 cm³/mol. The van der Waals surface area contributed by atoms with Crippen molar-refractivity contribution in [3.05, 3.63) is 42.7 Å². The Hall–Kier alpha value is -1.44. The van der Waals surface area contributed by atoms with Crippen LogP contribution in [0.4, 0.5) is 5.69 Å². The number of rotatable bonds is 4. The average Bonchev–Trinajstić information content (AvgIpc) is 3.03. The topological polar surface area (TPSA) is 55.4 Å². The van der Waals surface area contributed by atoms with Crippen molar-refractivity contribution in [2.75, 3.05) is 12.4 Å². The predicted octanol–water partition coefficient (Wildman–Crippen LogP) is 4.32. The van der Waals surface area contributed by atoms with E-state index < -0.39 is 5.97 Å². The van der Waals surface area contributed by atoms with Crippen molar-refractivity contribution in [1.29, 1.82) is 0 Å². The molecule has 2 heterocycles. The lowest BCUT2D eigenvalue weighted by Gasteiger charge is -2.04. The summed E-state index contributed by atoms with van der Waals surface area (Å²) in [6.45, 7) is 1.83. The molecule has 0 aromatic carbocycles. The minimum absolute atomic E-state index is 0.286. The number of aryl methyl sites for hydroxylation is 1. The molecule has 110 valence electrons. The van der Waals surface area contributed by atoms with Crippen LogP contribution in [-0.2, 0) is 9.53 Å². The first-order chi connectivity index (χ1) is 10.0. The minimum Gasteiger partial charge on any atom is -0.465 e. The molecule has 0 radical (unpaired) electrons. The maximum Gasteiger partial charge on any atom is 0.350 e. The summed E-state index contributed by atoms with van der Waals surface area (Å²) in [6.07, 6.45) is 3.17. The number of amides is 1. The van der Waals surface area contributed by atoms with Crippen LogP contribution in [-0.4, -0.2) is 19.0 Å². The van der Waals surface area contributed by atoms with Gasteiger partial charge >= 0.3 is 5.97 Å². The van der Waals surface area contributed by atoms with Crippen molar-refractivity contribution in [2.45, 2.75) is 6.92 Å². The van der Waals surface area contributed by atoms with E-state index in [0.717, 1.165) is 14.2 Å². The summed E-state index contributed by atoms with van der Waals surface area (Å²) in [5, 5.41) is 4.54. The maximum atomic E-state index is 12.0. The summed E-state index contributed by atoms with van der Waals surface area (Å²) in [6, 6.07) is 3.83. The molecule has 2 aromatic rings. The highest BCUT2D eigenvalue weighted by molar-refractivity contribution is 9.11. The van der Waals surface area contributed by atoms with Gasteiger partial charge in [-0.1, -0.05) is 0 Å². The second kappa shape index (κ2) is 7.02. The Morgan fingerprint density at radius 2 is 2.14 bits per heavy atom. The molecule has 0 saturated heterocycles. The van der Waals surface area contributed by atoms with E-state index in [1.807, 2.05) is 24.4 Å². The fourth-order valence-electron chi connectivity index (χ4n) is 1.58. The van der Waals surface area contributed by atoms with Gasteiger partial charge in [-0.05, 0) is 52.0 Å². The van der Waals surface area contributed by atoms with E-state index in [1.54, 1.807) is 6.08 Å². The van der Waals surface area contributed by atoms with Crippen molar-refractivity contribution >= 4 is 62.2 Å². The molecule has 0 atom stereocenters. The van der Waals surface area contributed by atoms with E-state index in [1.165, 1.54) is 35.9 Å². The van der Waals surface area contributed by atoms with Gasteiger partial charge in [0.2, 0.25) is 5.91 Å². The molecule has 4 nitrogen and oxygen atoms in total. The third kappa shape index (κ3) is 4.03. The molecule has 7 heteroatoms. The smallest absolute Gasteiger partial charge is 0.350 e. The van der Waals surface area contributed by atoms with Gasteiger partial charge in [0.1, 0.15) is 4.88 Å². The molecule has 0 spiro atoms. The van der Waals surface area contributed by atoms with Gasteiger partial charge in [-0.15, -0.1) is 22.7 Å². The molecule has 0 aliphatic rings. The second-order valence-corrected chi connectivity index (χ2v) is 7.45. The Balaban J connectivity index is 2.11. The largest absolute Gasteiger partial charge is 0.465 e. The van der Waals surface area contributed by atoms with Crippen LogP contribution in [0.1, 0.15) is 20.1 Å². The first-order valence-electron chi connectivity index (χ1n) is 5.92. The highest BCUT2D eigenvalue weighted by Gasteiger charge is 2.17. The normalized spacial score (nSPS) is 10.8. The highest BCUT2D eigenvalue weighted by Crippen LogP contribution is 2.28. The average molecular weight is 386 g/mol. The quantitative estimate of drug-likeness (QED) is 0.629. The molecule has 1 amide bonds. The number of esters is 1. The zero-order valence-electron chi connectivity index (χ0n) is 11.3. The lowest BCUT2D eigenvalue weighted by atomic mass is 10.2. The number of hydrogen-bond acceptors (Lipinski definition) is 5. The van der Waals surface area contributed by atoms with Crippen LogP contribution in [0.2, 0.25) is 0 Å². The fraction of sp³-hybridized carbons (Fsp3) is 0.143. The summed E-state index contributed by atoms with van der Waals surface area (Å²) in [4.78, 5) is 24.9. The number of methoxy groups -OCH3 is 1. The van der Waals surface area contributed by atoms with Gasteiger partial charge in [0.05, 0.1) is 16.6 Å². The Labute approximate surface area is 138 Å². The number of halogens is 1. The van der Waals surface area contributed by atoms with Gasteiger partial charge in [0.25, 0.3) is 0 Å². The summed E-state index contributed by atoms with van der Waals surface area (Å²) in [5.41, 5.74) is 1.34. The lowest BCUT2D eigenvalue weighted by Crippen LogP contribution is -2.11. The molecule has 0 bridgehead atoms. The van der Waals surface area contributed by atoms with Crippen molar-refractivity contribution in [3.8, 4) is 0 Å². The van der Waals surface area contributed by atoms with Crippen LogP contribution in [0.5, 0.6) is 0 Å². The fourth-order valence-corrected chi connectivity index (χ4v) is 3.83. The van der Waals surface area contributed by atoms with Crippen molar-refractivity contribution in [2.24, 2.45) is 0 Å². The van der Waals surface area contributed by atoms with Crippen LogP contribution in [0, 0.1) is 6.92 Å². The van der Waals surface area contributed by atoms with E-state index >= 15 is 0 Å². The second-order valence-electron chi connectivity index (χ2n) is 4.08. The Morgan fingerprint density at radius 1 is 1.38 bits per heavy atom. The first kappa shape index (κ1) is 15.9. The van der Waals surface area contributed by atoms with Crippen LogP contribution in [0.15, 0.2) is 27.4 Å². The first-order valence-corrected chi connectivity index (χ1v) is 8.41. The van der Waals surface area contributed by atoms with Crippen LogP contribution >= 0.6 is 38.6 Å². The zero-order valence-corrected chi connectivity index (χ0v) is 14.5. The number of thiophene rings is 2. The van der Waals surface area contributed by atoms with Crippen LogP contribution in [0.3, 0.4) is 0 Å². The van der Waals surface area contributed by atoms with Gasteiger partial charge in [-0.25, -0.2) is 4.79 Å². The van der Waals surface area contributed by atoms with Gasteiger partial charge in [-0.3, -0.25) is 4.79 Å². The summed E-state index contributed by atoms with van der Waals surface area (Å²) >= 11 is 6.15. The number of anilines is 1. The van der Waals surface area contributed by atoms with Gasteiger partial charge in [0.15, 0.2) is 0 Å². The third-order valence-electron chi connectivity index (χ3n) is 2.59. The number of carbonyl (C=O) groups is 2. The van der Waals surface area contributed by atoms with Gasteiger partial charge < -0.3 is 10.1 Å². The molecule has 1 N–H and O–H groups in total. The van der Waals surface area contributed by atoms with E-state index in [4.69, 9.17) is 4.74 Å². The van der Waals surface area contributed by atoms with Gasteiger partial charge in [-0.2, -0.15) is 0 Å². The van der Waals surface area contributed by atoms with Crippen LogP contribution in [0.25, 0.3) is 6.08 Å². The van der Waals surface area contributed by atoms with Crippen molar-refractivity contribution in [3.63, 3.8) is 0 Å². The Morgan fingerprint density at radius 3 is 2.76 bits per heavy atom. The number of ether oxygens (including phenoxy) is 1. The molecule has 0 aliphatic heterocycles. The van der Waals surface area contributed by atoms with Crippen LogP contribution < -0.4 is 5.32 Å². The summed E-state index contributed by atoms with van der Waals surface area (Å²) in [7, 11) is 1.32. The van der Waals surface area contributed by atoms with E-state index in [0.29, 0.717) is 10.6 Å². The van der Waals surface area contributed by atoms with Crippen molar-refractivity contribution < 1.29 is 14.3 Å². The standard InChI is InChI=1S/C14H12BrNO3S2/c1-8-7-20-13(14(18)19-2)12(8)16-11(17)6-4-9-3-5-10(15)21-9/h3-7H,1-2H3,(H,16,17)/b6-4+. The summed E-state index contributed by atoms with van der Waals surface area (Å²) in [5.74, 6) is -0.735. The lowest BCUT2D eigenvalue weighted by molar-refractivity contribution is -0.111. The maximum absolute atomic E-state index is 12.0.